The second-order valence-corrected chi connectivity index (χ2v) is 12.8. The summed E-state index contributed by atoms with van der Waals surface area (Å²) in [5.74, 6) is 1.20. The second-order valence-electron chi connectivity index (χ2n) is 10.1. The zero-order valence-corrected chi connectivity index (χ0v) is 22.4. The molecule has 1 saturated heterocycles. The van der Waals surface area contributed by atoms with Crippen LogP contribution in [0.25, 0.3) is 0 Å². The number of rotatable bonds is 9. The molecule has 2 fully saturated rings. The van der Waals surface area contributed by atoms with E-state index < -0.39 is 9.84 Å². The SMILES string of the molecule is CS(=O)(=O)CCNC1CCC(N=C2CC(c3ccc(F)c(NCC4CCOCC4)n3)C(Cl)=CN2)CC1. The fourth-order valence-electron chi connectivity index (χ4n) is 4.98. The summed E-state index contributed by atoms with van der Waals surface area (Å²) in [5, 5.41) is 10.4. The molecule has 1 aromatic rings. The van der Waals surface area contributed by atoms with Crippen molar-refractivity contribution in [2.75, 3.05) is 43.6 Å². The summed E-state index contributed by atoms with van der Waals surface area (Å²) in [6.07, 6.45) is 9.36. The standard InChI is InChI=1S/C25H37ClFN5O3S/c1-36(33,34)13-10-28-18-2-4-19(5-3-18)31-24-14-20(21(26)16-29-24)23-7-6-22(27)25(32-23)30-15-17-8-11-35-12-9-17/h6-7,16-20,28H,2-5,8-15H2,1H3,(H,29,31)(H,30,32). The minimum Gasteiger partial charge on any atom is -0.381 e. The minimum atomic E-state index is -2.94. The van der Waals surface area contributed by atoms with Crippen molar-refractivity contribution in [1.29, 1.82) is 0 Å². The molecule has 1 unspecified atom stereocenters. The van der Waals surface area contributed by atoms with Crippen molar-refractivity contribution in [2.24, 2.45) is 10.9 Å². The number of sulfone groups is 1. The Labute approximate surface area is 218 Å². The summed E-state index contributed by atoms with van der Waals surface area (Å²) in [6, 6.07) is 3.70. The number of aromatic nitrogens is 1. The van der Waals surface area contributed by atoms with E-state index in [0.29, 0.717) is 36.5 Å². The molecule has 11 heteroatoms. The predicted molar refractivity (Wildman–Crippen MR) is 142 cm³/mol. The number of anilines is 1. The molecule has 0 bridgehead atoms. The molecule has 8 nitrogen and oxygen atoms in total. The van der Waals surface area contributed by atoms with Crippen molar-refractivity contribution in [3.8, 4) is 0 Å². The van der Waals surface area contributed by atoms with E-state index in [1.165, 1.54) is 12.3 Å². The topological polar surface area (TPSA) is 105 Å². The number of hydrogen-bond donors (Lipinski definition) is 3. The van der Waals surface area contributed by atoms with E-state index in [2.05, 4.69) is 20.9 Å². The maximum absolute atomic E-state index is 14.5. The number of ether oxygens (including phenoxy) is 1. The van der Waals surface area contributed by atoms with Crippen LogP contribution in [0.4, 0.5) is 10.2 Å². The van der Waals surface area contributed by atoms with Crippen LogP contribution < -0.4 is 16.0 Å². The van der Waals surface area contributed by atoms with Crippen LogP contribution in [0.1, 0.15) is 56.6 Å². The van der Waals surface area contributed by atoms with Crippen molar-refractivity contribution in [3.05, 3.63) is 34.9 Å². The molecule has 0 amide bonds. The minimum absolute atomic E-state index is 0.165. The van der Waals surface area contributed by atoms with E-state index in [4.69, 9.17) is 21.3 Å². The lowest BCUT2D eigenvalue weighted by Crippen LogP contribution is -2.37. The van der Waals surface area contributed by atoms with E-state index in [9.17, 15) is 12.8 Å². The monoisotopic (exact) mass is 541 g/mol. The van der Waals surface area contributed by atoms with Crippen molar-refractivity contribution in [3.63, 3.8) is 0 Å². The maximum Gasteiger partial charge on any atom is 0.165 e. The Morgan fingerprint density at radius 3 is 2.67 bits per heavy atom. The molecule has 0 aromatic carbocycles. The van der Waals surface area contributed by atoms with Gasteiger partial charge >= 0.3 is 0 Å². The second kappa shape index (κ2) is 12.7. The Hall–Kier alpha value is -1.75. The molecule has 3 N–H and O–H groups in total. The molecule has 1 aliphatic carbocycles. The van der Waals surface area contributed by atoms with Crippen molar-refractivity contribution >= 4 is 33.1 Å². The molecule has 0 radical (unpaired) electrons. The van der Waals surface area contributed by atoms with Gasteiger partial charge < -0.3 is 20.7 Å². The smallest absolute Gasteiger partial charge is 0.165 e. The van der Waals surface area contributed by atoms with Crippen LogP contribution in [-0.2, 0) is 14.6 Å². The average Bonchev–Trinajstić information content (AvgIpc) is 2.86. The highest BCUT2D eigenvalue weighted by atomic mass is 35.5. The van der Waals surface area contributed by atoms with Crippen LogP contribution in [0, 0.1) is 11.7 Å². The van der Waals surface area contributed by atoms with Gasteiger partial charge in [0, 0.05) is 62.2 Å². The molecule has 4 rings (SSSR count). The van der Waals surface area contributed by atoms with Crippen LogP contribution in [0.3, 0.4) is 0 Å². The largest absolute Gasteiger partial charge is 0.381 e. The fraction of sp³-hybridized carbons (Fsp3) is 0.680. The summed E-state index contributed by atoms with van der Waals surface area (Å²) in [7, 11) is -2.94. The third-order valence-corrected chi connectivity index (χ3v) is 8.49. The van der Waals surface area contributed by atoms with Gasteiger partial charge in [-0.1, -0.05) is 11.6 Å². The van der Waals surface area contributed by atoms with Gasteiger partial charge in [-0.15, -0.1) is 0 Å². The quantitative estimate of drug-likeness (QED) is 0.439. The van der Waals surface area contributed by atoms with Crippen LogP contribution in [0.5, 0.6) is 0 Å². The lowest BCUT2D eigenvalue weighted by Gasteiger charge is -2.29. The molecule has 0 spiro atoms. The number of hydrogen-bond acceptors (Lipinski definition) is 7. The summed E-state index contributed by atoms with van der Waals surface area (Å²) in [4.78, 5) is 9.54. The Bertz CT molecular complexity index is 1050. The molecule has 1 aromatic heterocycles. The Balaban J connectivity index is 1.32. The van der Waals surface area contributed by atoms with Crippen LogP contribution in [-0.4, -0.2) is 69.6 Å². The number of pyridine rings is 1. The van der Waals surface area contributed by atoms with Crippen molar-refractivity contribution in [2.45, 2.75) is 62.9 Å². The van der Waals surface area contributed by atoms with E-state index in [1.54, 1.807) is 12.3 Å². The van der Waals surface area contributed by atoms with Crippen molar-refractivity contribution in [1.82, 2.24) is 15.6 Å². The van der Waals surface area contributed by atoms with Crippen LogP contribution in [0.15, 0.2) is 28.4 Å². The van der Waals surface area contributed by atoms with Gasteiger partial charge in [0.2, 0.25) is 0 Å². The van der Waals surface area contributed by atoms with Crippen molar-refractivity contribution < 1.29 is 17.5 Å². The van der Waals surface area contributed by atoms with E-state index >= 15 is 0 Å². The molecule has 1 saturated carbocycles. The highest BCUT2D eigenvalue weighted by Crippen LogP contribution is 2.33. The number of allylic oxidation sites excluding steroid dienone is 1. The highest BCUT2D eigenvalue weighted by Gasteiger charge is 2.27. The van der Waals surface area contributed by atoms with E-state index in [1.807, 2.05) is 0 Å². The van der Waals surface area contributed by atoms with Gasteiger partial charge in [-0.2, -0.15) is 0 Å². The maximum atomic E-state index is 14.5. The van der Waals surface area contributed by atoms with Crippen LogP contribution >= 0.6 is 11.6 Å². The number of nitrogens with one attached hydrogen (secondary N) is 3. The predicted octanol–water partition coefficient (Wildman–Crippen LogP) is 3.56. The van der Waals surface area contributed by atoms with Gasteiger partial charge in [-0.05, 0) is 56.6 Å². The first-order valence-corrected chi connectivity index (χ1v) is 15.3. The van der Waals surface area contributed by atoms with E-state index in [0.717, 1.165) is 63.3 Å². The lowest BCUT2D eigenvalue weighted by molar-refractivity contribution is 0.0699. The van der Waals surface area contributed by atoms with Gasteiger partial charge in [0.25, 0.3) is 0 Å². The third-order valence-electron chi connectivity index (χ3n) is 7.17. The van der Waals surface area contributed by atoms with Gasteiger partial charge in [-0.25, -0.2) is 17.8 Å². The number of halogens is 2. The summed E-state index contributed by atoms with van der Waals surface area (Å²) in [6.45, 7) is 2.67. The number of nitrogens with zero attached hydrogens (tertiary/aromatic N) is 2. The number of amidine groups is 1. The van der Waals surface area contributed by atoms with Gasteiger partial charge in [0.05, 0.1) is 17.5 Å². The van der Waals surface area contributed by atoms with E-state index in [-0.39, 0.29) is 29.3 Å². The highest BCUT2D eigenvalue weighted by molar-refractivity contribution is 7.90. The molecular weight excluding hydrogens is 505 g/mol. The molecule has 1 atom stereocenters. The Morgan fingerprint density at radius 1 is 1.19 bits per heavy atom. The molecule has 3 heterocycles. The lowest BCUT2D eigenvalue weighted by atomic mass is 9.91. The average molecular weight is 542 g/mol. The summed E-state index contributed by atoms with van der Waals surface area (Å²) < 4.78 is 42.5. The molecule has 2 aliphatic heterocycles. The first-order chi connectivity index (χ1) is 17.3. The fourth-order valence-corrected chi connectivity index (χ4v) is 5.72. The molecule has 200 valence electrons. The number of aliphatic imine (C=N–C) groups is 1. The zero-order chi connectivity index (χ0) is 25.5. The van der Waals surface area contributed by atoms with Crippen LogP contribution in [0.2, 0.25) is 0 Å². The molecular formula is C25H37ClFN5O3S. The first-order valence-electron chi connectivity index (χ1n) is 12.8. The Kier molecular flexibility index (Phi) is 9.60. The molecule has 36 heavy (non-hydrogen) atoms. The van der Waals surface area contributed by atoms with Gasteiger partial charge in [-0.3, -0.25) is 4.99 Å². The third kappa shape index (κ3) is 8.13. The van der Waals surface area contributed by atoms with Gasteiger partial charge in [0.15, 0.2) is 11.6 Å². The normalized spacial score (nSPS) is 26.9. The zero-order valence-electron chi connectivity index (χ0n) is 20.8. The summed E-state index contributed by atoms with van der Waals surface area (Å²) >= 11 is 6.54. The summed E-state index contributed by atoms with van der Waals surface area (Å²) in [5.41, 5.74) is 0.722. The van der Waals surface area contributed by atoms with Gasteiger partial charge in [0.1, 0.15) is 15.7 Å². The molecule has 3 aliphatic rings. The Morgan fingerprint density at radius 2 is 1.94 bits per heavy atom. The first kappa shape index (κ1) is 27.3.